The molecule has 11 nitrogen and oxygen atoms in total. The van der Waals surface area contributed by atoms with Gasteiger partial charge in [-0.25, -0.2) is 9.97 Å². The number of anilines is 1. The second-order valence-electron chi connectivity index (χ2n) is 5.98. The van der Waals surface area contributed by atoms with E-state index in [0.29, 0.717) is 5.56 Å². The quantitative estimate of drug-likeness (QED) is 0.380. The maximum Gasteiger partial charge on any atom is 0.256 e. The summed E-state index contributed by atoms with van der Waals surface area (Å²) in [7, 11) is 8.00. The van der Waals surface area contributed by atoms with Crippen molar-refractivity contribution in [1.29, 1.82) is 0 Å². The van der Waals surface area contributed by atoms with Crippen molar-refractivity contribution in [1.82, 2.24) is 25.0 Å². The summed E-state index contributed by atoms with van der Waals surface area (Å²) < 4.78 is 6.62. The predicted molar refractivity (Wildman–Crippen MR) is 102 cm³/mol. The number of ether oxygens (including phenoxy) is 1. The third-order valence-corrected chi connectivity index (χ3v) is 4.29. The highest BCUT2D eigenvalue weighted by Gasteiger charge is 2.44. The van der Waals surface area contributed by atoms with Crippen molar-refractivity contribution in [3.63, 3.8) is 0 Å². The van der Waals surface area contributed by atoms with Gasteiger partial charge < -0.3 is 25.4 Å². The predicted octanol–water partition coefficient (Wildman–Crippen LogP) is -1.68. The molecule has 1 amide bonds. The number of aromatic nitrogens is 5. The molecular weight excluding hydrogens is 378 g/mol. The Labute approximate surface area is 167 Å². The van der Waals surface area contributed by atoms with Gasteiger partial charge in [0.2, 0.25) is 0 Å². The van der Waals surface area contributed by atoms with Gasteiger partial charge in [-0.3, -0.25) is 4.79 Å². The van der Waals surface area contributed by atoms with E-state index in [9.17, 15) is 20.1 Å². The van der Waals surface area contributed by atoms with Crippen molar-refractivity contribution in [2.75, 3.05) is 11.9 Å². The molecule has 4 N–H and O–H groups in total. The van der Waals surface area contributed by atoms with Crippen molar-refractivity contribution >= 4 is 38.4 Å². The van der Waals surface area contributed by atoms with Gasteiger partial charge in [-0.05, 0) is 12.1 Å². The first-order chi connectivity index (χ1) is 14.1. The summed E-state index contributed by atoms with van der Waals surface area (Å²) in [5.74, 6) is -0.232. The maximum atomic E-state index is 12.3. The van der Waals surface area contributed by atoms with Gasteiger partial charge in [0.25, 0.3) is 5.91 Å². The van der Waals surface area contributed by atoms with E-state index < -0.39 is 31.1 Å². The summed E-state index contributed by atoms with van der Waals surface area (Å²) in [6.07, 6.45) is -3.44. The Balaban J connectivity index is 0.00000117. The monoisotopic (exact) mass is 394 g/mol. The lowest BCUT2D eigenvalue weighted by Crippen LogP contribution is -2.33. The van der Waals surface area contributed by atoms with E-state index in [1.165, 1.54) is 11.0 Å². The van der Waals surface area contributed by atoms with Crippen LogP contribution in [-0.2, 0) is 4.74 Å². The van der Waals surface area contributed by atoms with Gasteiger partial charge >= 0.3 is 0 Å². The number of amides is 1. The Kier molecular flexibility index (Phi) is 6.54. The zero-order valence-corrected chi connectivity index (χ0v) is 15.0. The van der Waals surface area contributed by atoms with Gasteiger partial charge in [0, 0.05) is 21.0 Å². The first-order valence-corrected chi connectivity index (χ1v) is 8.48. The number of fused-ring (bicyclic) bond motifs is 1. The molecule has 4 rings (SSSR count). The molecule has 3 heterocycles. The van der Waals surface area contributed by atoms with Gasteiger partial charge in [-0.1, -0.05) is 23.4 Å². The van der Waals surface area contributed by atoms with E-state index in [1.807, 2.05) is 0 Å². The van der Waals surface area contributed by atoms with E-state index in [4.69, 9.17) is 4.74 Å². The Hall–Kier alpha value is -2.86. The smallest absolute Gasteiger partial charge is 0.256 e. The van der Waals surface area contributed by atoms with Crippen LogP contribution in [0.2, 0.25) is 0 Å². The molecule has 146 valence electrons. The first-order valence-electron chi connectivity index (χ1n) is 8.48. The average molecular weight is 394 g/mol. The lowest BCUT2D eigenvalue weighted by Gasteiger charge is -2.14. The minimum Gasteiger partial charge on any atom is -0.394 e. The lowest BCUT2D eigenvalue weighted by molar-refractivity contribution is -0.0574. The molecule has 0 spiro atoms. The number of benzene rings is 1. The fourth-order valence-electron chi connectivity index (χ4n) is 2.88. The molecule has 0 aliphatic carbocycles. The molecule has 0 saturated carbocycles. The molecule has 13 heteroatoms. The van der Waals surface area contributed by atoms with E-state index in [2.05, 4.69) is 41.1 Å². The first kappa shape index (κ1) is 20.9. The Morgan fingerprint density at radius 2 is 1.90 bits per heavy atom. The minimum atomic E-state index is -1.33. The van der Waals surface area contributed by atoms with Crippen molar-refractivity contribution in [3.05, 3.63) is 42.2 Å². The molecule has 1 aromatic carbocycles. The Morgan fingerprint density at radius 3 is 2.55 bits per heavy atom. The molecule has 0 bridgehead atoms. The lowest BCUT2D eigenvalue weighted by atomic mass is 9.81. The summed E-state index contributed by atoms with van der Waals surface area (Å²) in [5, 5.41) is 39.8. The van der Waals surface area contributed by atoms with Gasteiger partial charge in [-0.15, -0.1) is 5.10 Å². The van der Waals surface area contributed by atoms with Crippen molar-refractivity contribution in [3.8, 4) is 0 Å². The SMILES string of the molecule is O=C(Nc1ncnc2c1nnn2[C@@H]1O[C@H](CO)C(O)[C@@H]1O)c1ccccc1.[B][B]. The highest BCUT2D eigenvalue weighted by molar-refractivity contribution is 6.75. The average Bonchev–Trinajstić information content (AvgIpc) is 3.32. The fraction of sp³-hybridized carbons (Fsp3) is 0.312. The van der Waals surface area contributed by atoms with Crippen LogP contribution in [0.1, 0.15) is 16.6 Å². The van der Waals surface area contributed by atoms with E-state index >= 15 is 0 Å². The van der Waals surface area contributed by atoms with Crippen molar-refractivity contribution in [2.24, 2.45) is 0 Å². The number of nitrogens with zero attached hydrogens (tertiary/aromatic N) is 5. The molecule has 1 aliphatic rings. The second-order valence-corrected chi connectivity index (χ2v) is 5.98. The normalized spacial score (nSPS) is 23.4. The van der Waals surface area contributed by atoms with Crippen LogP contribution in [0.25, 0.3) is 11.2 Å². The van der Waals surface area contributed by atoms with Gasteiger partial charge in [-0.2, -0.15) is 4.68 Å². The van der Waals surface area contributed by atoms with Crippen LogP contribution < -0.4 is 5.32 Å². The third-order valence-electron chi connectivity index (χ3n) is 4.29. The number of aliphatic hydroxyl groups excluding tert-OH is 3. The number of rotatable bonds is 4. The topological polar surface area (TPSA) is 156 Å². The van der Waals surface area contributed by atoms with Crippen LogP contribution >= 0.6 is 0 Å². The van der Waals surface area contributed by atoms with Crippen LogP contribution in [0.3, 0.4) is 0 Å². The number of carbonyl (C=O) groups excluding carboxylic acids is 1. The van der Waals surface area contributed by atoms with E-state index in [1.54, 1.807) is 30.3 Å². The molecule has 4 atom stereocenters. The summed E-state index contributed by atoms with van der Waals surface area (Å²) in [4.78, 5) is 20.4. The number of aliphatic hydroxyl groups is 3. The molecule has 4 radical (unpaired) electrons. The largest absolute Gasteiger partial charge is 0.394 e. The molecule has 1 unspecified atom stereocenters. The summed E-state index contributed by atoms with van der Waals surface area (Å²) in [5.41, 5.74) is 0.836. The number of hydrogen-bond donors (Lipinski definition) is 4. The fourth-order valence-corrected chi connectivity index (χ4v) is 2.88. The number of nitrogens with one attached hydrogen (secondary N) is 1. The van der Waals surface area contributed by atoms with Crippen molar-refractivity contribution in [2.45, 2.75) is 24.5 Å². The standard InChI is InChI=1S/C16H16N6O5.B2/c23-6-9-11(24)12(25)16(27-9)22-14-10(20-21-22)13(17-7-18-14)19-15(26)8-4-2-1-3-5-8;1-2/h1-5,7,9,11-12,16,23-25H,6H2,(H,17,18,19,26);/t9-,11?,12+,16-;/m1./s1. The molecule has 1 fully saturated rings. The van der Waals surface area contributed by atoms with Gasteiger partial charge in [0.15, 0.2) is 23.2 Å². The summed E-state index contributed by atoms with van der Waals surface area (Å²) in [6.45, 7) is -0.464. The zero-order chi connectivity index (χ0) is 21.0. The zero-order valence-electron chi connectivity index (χ0n) is 15.0. The number of hydrogen-bond acceptors (Lipinski definition) is 9. The Morgan fingerprint density at radius 1 is 1.17 bits per heavy atom. The van der Waals surface area contributed by atoms with Crippen LogP contribution in [0.4, 0.5) is 5.82 Å². The van der Waals surface area contributed by atoms with E-state index in [0.717, 1.165) is 0 Å². The molecule has 1 aliphatic heterocycles. The van der Waals surface area contributed by atoms with Crippen LogP contribution in [0.5, 0.6) is 0 Å². The maximum absolute atomic E-state index is 12.3. The third kappa shape index (κ3) is 3.98. The summed E-state index contributed by atoms with van der Waals surface area (Å²) in [6, 6.07) is 8.59. The van der Waals surface area contributed by atoms with Gasteiger partial charge in [0.1, 0.15) is 24.6 Å². The van der Waals surface area contributed by atoms with Gasteiger partial charge in [0.05, 0.1) is 6.61 Å². The summed E-state index contributed by atoms with van der Waals surface area (Å²) >= 11 is 0. The Bertz CT molecular complexity index is 975. The second kappa shape index (κ2) is 9.09. The minimum absolute atomic E-state index is 0.145. The van der Waals surface area contributed by atoms with Crippen LogP contribution in [0.15, 0.2) is 36.7 Å². The highest BCUT2D eigenvalue weighted by Crippen LogP contribution is 2.31. The molecule has 2 aromatic heterocycles. The van der Waals surface area contributed by atoms with E-state index in [-0.39, 0.29) is 22.9 Å². The molecule has 29 heavy (non-hydrogen) atoms. The van der Waals surface area contributed by atoms with Crippen molar-refractivity contribution < 1.29 is 24.9 Å². The molecule has 1 saturated heterocycles. The highest BCUT2D eigenvalue weighted by atomic mass is 16.6. The number of carbonyl (C=O) groups is 1. The van der Waals surface area contributed by atoms with Crippen LogP contribution in [-0.4, -0.2) is 86.6 Å². The van der Waals surface area contributed by atoms with Crippen LogP contribution in [0, 0.1) is 0 Å². The molecular formula is C16H16B2N6O5. The molecule has 3 aromatic rings.